The third kappa shape index (κ3) is 4.24. The standard InChI is InChI=1S/C20H23N3O3S/c1-3-4-5-6-7-17-18(20(24)25)19-21-12-15(13-23(19)22-17)14-8-10-16(11-9-14)27(2)26/h8-13H,3-7H2,1-2H3,(H,24,25). The fraction of sp³-hybridized carbons (Fsp3) is 0.350. The predicted octanol–water partition coefficient (Wildman–Crippen LogP) is 3.95. The topological polar surface area (TPSA) is 84.6 Å². The molecular formula is C20H23N3O3S. The molecule has 0 bridgehead atoms. The minimum absolute atomic E-state index is 0.190. The van der Waals surface area contributed by atoms with Gasteiger partial charge < -0.3 is 5.11 Å². The van der Waals surface area contributed by atoms with Crippen molar-refractivity contribution in [3.05, 3.63) is 47.9 Å². The number of carboxylic acid groups (broad SMARTS) is 1. The number of aromatic nitrogens is 3. The Morgan fingerprint density at radius 2 is 1.89 bits per heavy atom. The van der Waals surface area contributed by atoms with Gasteiger partial charge >= 0.3 is 5.97 Å². The lowest BCUT2D eigenvalue weighted by Crippen LogP contribution is -2.01. The van der Waals surface area contributed by atoms with Gasteiger partial charge in [0, 0.05) is 39.9 Å². The number of unbranched alkanes of at least 4 members (excludes halogenated alkanes) is 3. The van der Waals surface area contributed by atoms with Gasteiger partial charge in [-0.3, -0.25) is 4.21 Å². The Balaban J connectivity index is 1.94. The number of carboxylic acids is 1. The second-order valence-electron chi connectivity index (χ2n) is 6.53. The molecule has 1 N–H and O–H groups in total. The van der Waals surface area contributed by atoms with Gasteiger partial charge in [-0.25, -0.2) is 14.3 Å². The maximum Gasteiger partial charge on any atom is 0.341 e. The van der Waals surface area contributed by atoms with Gasteiger partial charge in [0.1, 0.15) is 5.56 Å². The fourth-order valence-electron chi connectivity index (χ4n) is 3.08. The molecule has 6 nitrogen and oxygen atoms in total. The molecule has 0 fully saturated rings. The average molecular weight is 385 g/mol. The van der Waals surface area contributed by atoms with Gasteiger partial charge in [0.25, 0.3) is 0 Å². The molecule has 2 heterocycles. The summed E-state index contributed by atoms with van der Waals surface area (Å²) in [4.78, 5) is 16.8. The quantitative estimate of drug-likeness (QED) is 0.594. The fourth-order valence-corrected chi connectivity index (χ4v) is 3.60. The van der Waals surface area contributed by atoms with Gasteiger partial charge in [0.05, 0.1) is 5.69 Å². The number of hydrogen-bond acceptors (Lipinski definition) is 4. The summed E-state index contributed by atoms with van der Waals surface area (Å²) >= 11 is 0. The van der Waals surface area contributed by atoms with Crippen LogP contribution in [0.25, 0.3) is 16.8 Å². The van der Waals surface area contributed by atoms with Gasteiger partial charge in [-0.1, -0.05) is 38.3 Å². The summed E-state index contributed by atoms with van der Waals surface area (Å²) in [5.74, 6) is -0.995. The van der Waals surface area contributed by atoms with Crippen molar-refractivity contribution in [1.82, 2.24) is 14.6 Å². The van der Waals surface area contributed by atoms with Crippen LogP contribution in [0.3, 0.4) is 0 Å². The molecule has 1 unspecified atom stereocenters. The molecule has 7 heteroatoms. The zero-order chi connectivity index (χ0) is 19.4. The highest BCUT2D eigenvalue weighted by molar-refractivity contribution is 7.84. The van der Waals surface area contributed by atoms with E-state index in [0.717, 1.165) is 41.7 Å². The molecule has 3 rings (SSSR count). The zero-order valence-electron chi connectivity index (χ0n) is 15.5. The molecule has 1 aromatic carbocycles. The lowest BCUT2D eigenvalue weighted by atomic mass is 10.1. The Morgan fingerprint density at radius 1 is 1.15 bits per heavy atom. The molecule has 2 aromatic heterocycles. The Bertz CT molecular complexity index is 980. The smallest absolute Gasteiger partial charge is 0.341 e. The normalized spacial score (nSPS) is 12.4. The average Bonchev–Trinajstić information content (AvgIpc) is 3.03. The third-order valence-corrected chi connectivity index (χ3v) is 5.48. The molecule has 0 aliphatic carbocycles. The van der Waals surface area contributed by atoms with Crippen LogP contribution in [0.1, 0.15) is 48.7 Å². The Kier molecular flexibility index (Phi) is 6.01. The molecule has 0 saturated carbocycles. The second kappa shape index (κ2) is 8.43. The van der Waals surface area contributed by atoms with E-state index in [1.165, 1.54) is 0 Å². The van der Waals surface area contributed by atoms with Crippen LogP contribution in [-0.4, -0.2) is 36.1 Å². The van der Waals surface area contributed by atoms with Gasteiger partial charge in [-0.15, -0.1) is 0 Å². The van der Waals surface area contributed by atoms with E-state index in [1.54, 1.807) is 23.2 Å². The third-order valence-electron chi connectivity index (χ3n) is 4.55. The summed E-state index contributed by atoms with van der Waals surface area (Å²) in [6, 6.07) is 7.40. The summed E-state index contributed by atoms with van der Waals surface area (Å²) in [5.41, 5.74) is 2.88. The van der Waals surface area contributed by atoms with Gasteiger partial charge in [-0.2, -0.15) is 5.10 Å². The van der Waals surface area contributed by atoms with Crippen molar-refractivity contribution in [2.45, 2.75) is 43.9 Å². The first-order valence-corrected chi connectivity index (χ1v) is 10.6. The van der Waals surface area contributed by atoms with Crippen molar-refractivity contribution < 1.29 is 14.1 Å². The number of nitrogens with zero attached hydrogens (tertiary/aromatic N) is 3. The molecule has 142 valence electrons. The van der Waals surface area contributed by atoms with Crippen LogP contribution < -0.4 is 0 Å². The van der Waals surface area contributed by atoms with Crippen LogP contribution >= 0.6 is 0 Å². The molecule has 0 radical (unpaired) electrons. The number of aromatic carboxylic acids is 1. The highest BCUT2D eigenvalue weighted by atomic mass is 32.2. The van der Waals surface area contributed by atoms with Crippen molar-refractivity contribution >= 4 is 22.4 Å². The highest BCUT2D eigenvalue weighted by Gasteiger charge is 2.20. The summed E-state index contributed by atoms with van der Waals surface area (Å²) < 4.78 is 13.1. The van der Waals surface area contributed by atoms with E-state index in [-0.39, 0.29) is 5.56 Å². The highest BCUT2D eigenvalue weighted by Crippen LogP contribution is 2.23. The minimum Gasteiger partial charge on any atom is -0.477 e. The van der Waals surface area contributed by atoms with E-state index in [1.807, 2.05) is 24.3 Å². The summed E-state index contributed by atoms with van der Waals surface area (Å²) in [6.07, 6.45) is 9.97. The van der Waals surface area contributed by atoms with Crippen molar-refractivity contribution in [2.75, 3.05) is 6.26 Å². The van der Waals surface area contributed by atoms with Crippen LogP contribution in [0, 0.1) is 0 Å². The maximum atomic E-state index is 11.7. The summed E-state index contributed by atoms with van der Waals surface area (Å²) in [6.45, 7) is 2.14. The van der Waals surface area contributed by atoms with E-state index < -0.39 is 16.8 Å². The SMILES string of the molecule is CCCCCCc1nn2cc(-c3ccc(S(C)=O)cc3)cnc2c1C(=O)O. The van der Waals surface area contributed by atoms with Crippen LogP contribution in [0.15, 0.2) is 41.6 Å². The first kappa shape index (κ1) is 19.2. The van der Waals surface area contributed by atoms with Crippen molar-refractivity contribution in [2.24, 2.45) is 0 Å². The monoisotopic (exact) mass is 385 g/mol. The summed E-state index contributed by atoms with van der Waals surface area (Å²) in [7, 11) is -1.02. The predicted molar refractivity (Wildman–Crippen MR) is 106 cm³/mol. The van der Waals surface area contributed by atoms with Crippen LogP contribution in [0.4, 0.5) is 0 Å². The molecule has 0 aliphatic heterocycles. The number of carbonyl (C=O) groups is 1. The molecule has 3 aromatic rings. The van der Waals surface area contributed by atoms with E-state index in [9.17, 15) is 14.1 Å². The van der Waals surface area contributed by atoms with Crippen molar-refractivity contribution in [3.8, 4) is 11.1 Å². The number of benzene rings is 1. The van der Waals surface area contributed by atoms with Crippen LogP contribution in [0.2, 0.25) is 0 Å². The maximum absolute atomic E-state index is 11.7. The number of fused-ring (bicyclic) bond motifs is 1. The van der Waals surface area contributed by atoms with E-state index in [0.29, 0.717) is 17.8 Å². The number of aryl methyl sites for hydroxylation is 1. The van der Waals surface area contributed by atoms with Crippen LogP contribution in [-0.2, 0) is 17.2 Å². The lowest BCUT2D eigenvalue weighted by Gasteiger charge is -2.03. The first-order valence-electron chi connectivity index (χ1n) is 9.05. The molecule has 27 heavy (non-hydrogen) atoms. The Morgan fingerprint density at radius 3 is 2.52 bits per heavy atom. The molecule has 0 spiro atoms. The molecule has 0 amide bonds. The zero-order valence-corrected chi connectivity index (χ0v) is 16.3. The Labute approximate surface area is 160 Å². The van der Waals surface area contributed by atoms with E-state index in [2.05, 4.69) is 17.0 Å². The van der Waals surface area contributed by atoms with Gasteiger partial charge in [0.15, 0.2) is 5.65 Å². The second-order valence-corrected chi connectivity index (χ2v) is 7.91. The van der Waals surface area contributed by atoms with Crippen molar-refractivity contribution in [3.63, 3.8) is 0 Å². The minimum atomic E-state index is -1.02. The lowest BCUT2D eigenvalue weighted by molar-refractivity contribution is 0.0697. The largest absolute Gasteiger partial charge is 0.477 e. The van der Waals surface area contributed by atoms with Gasteiger partial charge in [-0.05, 0) is 30.5 Å². The molecule has 0 aliphatic rings. The van der Waals surface area contributed by atoms with E-state index >= 15 is 0 Å². The molecular weight excluding hydrogens is 362 g/mol. The number of hydrogen-bond donors (Lipinski definition) is 1. The number of rotatable bonds is 8. The van der Waals surface area contributed by atoms with Gasteiger partial charge in [0.2, 0.25) is 0 Å². The summed E-state index contributed by atoms with van der Waals surface area (Å²) in [5, 5.41) is 14.1. The van der Waals surface area contributed by atoms with Crippen molar-refractivity contribution in [1.29, 1.82) is 0 Å². The molecule has 1 atom stereocenters. The van der Waals surface area contributed by atoms with Crippen LogP contribution in [0.5, 0.6) is 0 Å². The molecule has 0 saturated heterocycles. The van der Waals surface area contributed by atoms with E-state index in [4.69, 9.17) is 0 Å². The first-order chi connectivity index (χ1) is 13.0. The Hall–Kier alpha value is -2.54.